The zero-order chi connectivity index (χ0) is 19.1. The lowest BCUT2D eigenvalue weighted by Crippen LogP contribution is -2.28. The summed E-state index contributed by atoms with van der Waals surface area (Å²) in [5, 5.41) is 17.5. The van der Waals surface area contributed by atoms with Crippen molar-refractivity contribution in [2.24, 2.45) is 5.41 Å². The van der Waals surface area contributed by atoms with E-state index in [0.717, 1.165) is 6.42 Å². The molecule has 0 heterocycles. The van der Waals surface area contributed by atoms with E-state index in [-0.39, 0.29) is 12.0 Å². The van der Waals surface area contributed by atoms with Crippen LogP contribution in [0, 0.1) is 17.8 Å². The van der Waals surface area contributed by atoms with Crippen molar-refractivity contribution in [3.05, 3.63) is 23.8 Å². The number of hydrogen-bond donors (Lipinski definition) is 2. The molecule has 1 unspecified atom stereocenters. The monoisotopic (exact) mass is 348 g/mol. The maximum absolute atomic E-state index is 10.8. The van der Waals surface area contributed by atoms with Gasteiger partial charge in [0.15, 0.2) is 0 Å². The molecule has 0 amide bonds. The molecule has 0 saturated carbocycles. The average molecular weight is 348 g/mol. The lowest BCUT2D eigenvalue weighted by molar-refractivity contribution is -0.145. The highest BCUT2D eigenvalue weighted by Crippen LogP contribution is 2.31. The summed E-state index contributed by atoms with van der Waals surface area (Å²) in [6.45, 7) is 3.76. The Hall–Kier alpha value is -2.02. The van der Waals surface area contributed by atoms with Crippen LogP contribution in [-0.4, -0.2) is 22.2 Å². The normalized spacial score (nSPS) is 18.5. The number of hydrogen-bond acceptors (Lipinski definition) is 2. The third kappa shape index (κ3) is 10.4. The van der Waals surface area contributed by atoms with Gasteiger partial charge in [0.05, 0.1) is 5.41 Å². The summed E-state index contributed by atoms with van der Waals surface area (Å²) in [7, 11) is 0. The van der Waals surface area contributed by atoms with Gasteiger partial charge in [-0.3, -0.25) is 4.79 Å². The largest absolute Gasteiger partial charge is 0.481 e. The van der Waals surface area contributed by atoms with E-state index in [0.29, 0.717) is 0 Å². The first kappa shape index (κ1) is 23.0. The number of allylic oxidation sites excluding steroid dienone is 2. The van der Waals surface area contributed by atoms with Gasteiger partial charge >= 0.3 is 11.9 Å². The fourth-order valence-electron chi connectivity index (χ4n) is 2.54. The van der Waals surface area contributed by atoms with Crippen LogP contribution < -0.4 is 0 Å². The number of carboxylic acids is 2. The fourth-order valence-corrected chi connectivity index (χ4v) is 2.54. The molecule has 0 aromatic rings. The Labute approximate surface area is 152 Å². The molecular weight excluding hydrogens is 316 g/mol. The summed E-state index contributed by atoms with van der Waals surface area (Å²) in [6, 6.07) is 0. The van der Waals surface area contributed by atoms with Crippen molar-refractivity contribution in [3.8, 4) is 12.3 Å². The van der Waals surface area contributed by atoms with E-state index in [1.165, 1.54) is 76.5 Å². The summed E-state index contributed by atoms with van der Waals surface area (Å²) in [5.74, 6) is 0.616. The Bertz CT molecular complexity index is 510. The van der Waals surface area contributed by atoms with Gasteiger partial charge in [-0.25, -0.2) is 4.79 Å². The molecule has 0 spiro atoms. The van der Waals surface area contributed by atoms with Gasteiger partial charge in [-0.15, -0.1) is 12.3 Å². The van der Waals surface area contributed by atoms with Crippen LogP contribution in [0.15, 0.2) is 23.8 Å². The maximum Gasteiger partial charge on any atom is 0.331 e. The Balaban J connectivity index is 0.000000463. The lowest BCUT2D eigenvalue weighted by atomic mass is 9.80. The quantitative estimate of drug-likeness (QED) is 0.420. The van der Waals surface area contributed by atoms with E-state index in [1.54, 1.807) is 0 Å². The highest BCUT2D eigenvalue weighted by molar-refractivity contribution is 5.90. The Morgan fingerprint density at radius 1 is 1.12 bits per heavy atom. The van der Waals surface area contributed by atoms with Gasteiger partial charge in [-0.1, -0.05) is 70.1 Å². The minimum absolute atomic E-state index is 0.0359. The van der Waals surface area contributed by atoms with Crippen molar-refractivity contribution < 1.29 is 19.8 Å². The summed E-state index contributed by atoms with van der Waals surface area (Å²) in [5.41, 5.74) is -0.949. The molecule has 0 fully saturated rings. The first-order valence-electron chi connectivity index (χ1n) is 9.16. The summed E-state index contributed by atoms with van der Waals surface area (Å²) in [6.07, 6.45) is 21.5. The smallest absolute Gasteiger partial charge is 0.331 e. The molecule has 4 heteroatoms. The van der Waals surface area contributed by atoms with Crippen molar-refractivity contribution in [2.75, 3.05) is 0 Å². The number of aliphatic carboxylic acids is 2. The van der Waals surface area contributed by atoms with Gasteiger partial charge in [0.25, 0.3) is 0 Å². The molecule has 1 rings (SSSR count). The minimum Gasteiger partial charge on any atom is -0.481 e. The first-order chi connectivity index (χ1) is 11.9. The van der Waals surface area contributed by atoms with Crippen LogP contribution in [0.5, 0.6) is 0 Å². The molecule has 0 aromatic heterocycles. The fraction of sp³-hybridized carbons (Fsp3) is 0.619. The van der Waals surface area contributed by atoms with Crippen molar-refractivity contribution in [1.29, 1.82) is 0 Å². The Kier molecular flexibility index (Phi) is 12.2. The molecule has 2 N–H and O–H groups in total. The van der Waals surface area contributed by atoms with E-state index in [2.05, 4.69) is 12.8 Å². The predicted octanol–water partition coefficient (Wildman–Crippen LogP) is 5.20. The molecule has 25 heavy (non-hydrogen) atoms. The second-order valence-corrected chi connectivity index (χ2v) is 6.68. The first-order valence-corrected chi connectivity index (χ1v) is 9.16. The molecule has 1 atom stereocenters. The molecule has 1 aliphatic rings. The topological polar surface area (TPSA) is 74.6 Å². The highest BCUT2D eigenvalue weighted by atomic mass is 16.4. The van der Waals surface area contributed by atoms with E-state index < -0.39 is 17.4 Å². The van der Waals surface area contributed by atoms with Gasteiger partial charge in [-0.2, -0.15) is 0 Å². The molecule has 0 radical (unpaired) electrons. The number of unbranched alkanes of at least 4 members (excludes halogenated alkanes) is 8. The minimum atomic E-state index is -1.08. The second kappa shape index (κ2) is 13.3. The summed E-state index contributed by atoms with van der Waals surface area (Å²) < 4.78 is 0. The molecule has 1 aliphatic carbocycles. The van der Waals surface area contributed by atoms with Gasteiger partial charge in [0, 0.05) is 12.0 Å². The van der Waals surface area contributed by atoms with Crippen LogP contribution in [0.3, 0.4) is 0 Å². The summed E-state index contributed by atoms with van der Waals surface area (Å²) in [4.78, 5) is 21.3. The van der Waals surface area contributed by atoms with Crippen molar-refractivity contribution >= 4 is 11.9 Å². The zero-order valence-electron chi connectivity index (χ0n) is 15.6. The molecule has 140 valence electrons. The SMILES string of the molecule is C#CCCCCCCCCCC.CC1(C(=O)O)C=CC=C(C(=O)O)C1. The van der Waals surface area contributed by atoms with E-state index in [1.807, 2.05) is 0 Å². The average Bonchev–Trinajstić information content (AvgIpc) is 2.58. The molecule has 4 nitrogen and oxygen atoms in total. The molecule has 0 aromatic carbocycles. The zero-order valence-corrected chi connectivity index (χ0v) is 15.6. The van der Waals surface area contributed by atoms with Crippen LogP contribution in [-0.2, 0) is 9.59 Å². The van der Waals surface area contributed by atoms with E-state index >= 15 is 0 Å². The molecule has 0 saturated heterocycles. The number of rotatable bonds is 10. The second-order valence-electron chi connectivity index (χ2n) is 6.68. The third-order valence-corrected chi connectivity index (χ3v) is 4.26. The molecular formula is C21H32O4. The summed E-state index contributed by atoms with van der Waals surface area (Å²) >= 11 is 0. The van der Waals surface area contributed by atoms with Gasteiger partial charge in [0.2, 0.25) is 0 Å². The van der Waals surface area contributed by atoms with Crippen LogP contribution in [0.25, 0.3) is 0 Å². The van der Waals surface area contributed by atoms with Crippen molar-refractivity contribution in [3.63, 3.8) is 0 Å². The third-order valence-electron chi connectivity index (χ3n) is 4.26. The molecule has 0 bridgehead atoms. The van der Waals surface area contributed by atoms with Gasteiger partial charge < -0.3 is 10.2 Å². The van der Waals surface area contributed by atoms with Crippen LogP contribution in [0.2, 0.25) is 0 Å². The van der Waals surface area contributed by atoms with Crippen molar-refractivity contribution in [2.45, 2.75) is 78.1 Å². The predicted molar refractivity (Wildman–Crippen MR) is 101 cm³/mol. The molecule has 0 aliphatic heterocycles. The van der Waals surface area contributed by atoms with Crippen LogP contribution in [0.4, 0.5) is 0 Å². The number of carbonyl (C=O) groups is 2. The van der Waals surface area contributed by atoms with Crippen LogP contribution in [0.1, 0.15) is 78.1 Å². The number of carboxylic acid groups (broad SMARTS) is 2. The highest BCUT2D eigenvalue weighted by Gasteiger charge is 2.34. The van der Waals surface area contributed by atoms with Gasteiger partial charge in [0.1, 0.15) is 0 Å². The Morgan fingerprint density at radius 3 is 2.16 bits per heavy atom. The van der Waals surface area contributed by atoms with E-state index in [9.17, 15) is 9.59 Å². The van der Waals surface area contributed by atoms with Crippen LogP contribution >= 0.6 is 0 Å². The maximum atomic E-state index is 10.8. The standard InChI is InChI=1S/C12H22.C9H10O4/c1-3-5-7-9-11-12-10-8-6-4-2;1-9(8(12)13)4-2-3-6(5-9)7(10)11/h1H,4-12H2,2H3;2-4H,5H2,1H3,(H,10,11)(H,12,13). The van der Waals surface area contributed by atoms with Gasteiger partial charge in [-0.05, 0) is 19.8 Å². The van der Waals surface area contributed by atoms with Crippen molar-refractivity contribution in [1.82, 2.24) is 0 Å². The number of terminal acetylenes is 1. The lowest BCUT2D eigenvalue weighted by Gasteiger charge is -2.23. The van der Waals surface area contributed by atoms with E-state index in [4.69, 9.17) is 16.6 Å². The Morgan fingerprint density at radius 2 is 1.68 bits per heavy atom.